The van der Waals surface area contributed by atoms with Crippen molar-refractivity contribution in [2.24, 2.45) is 5.73 Å². The molecule has 0 unspecified atom stereocenters. The van der Waals surface area contributed by atoms with Gasteiger partial charge in [0, 0.05) is 12.1 Å². The van der Waals surface area contributed by atoms with Gasteiger partial charge in [-0.1, -0.05) is 12.1 Å². The van der Waals surface area contributed by atoms with Gasteiger partial charge >= 0.3 is 5.69 Å². The smallest absolute Gasteiger partial charge is 0.335 e. The van der Waals surface area contributed by atoms with Crippen molar-refractivity contribution >= 4 is 17.1 Å². The summed E-state index contributed by atoms with van der Waals surface area (Å²) >= 11 is 0. The molecule has 0 saturated carbocycles. The number of carbonyl (C=O) groups excluding carboxylic acids is 1. The number of hydrogen-bond donors (Lipinski definition) is 1. The van der Waals surface area contributed by atoms with Crippen molar-refractivity contribution in [3.8, 4) is 22.8 Å². The molecule has 1 amide bonds. The zero-order valence-electron chi connectivity index (χ0n) is 16.3. The van der Waals surface area contributed by atoms with E-state index in [1.807, 2.05) is 0 Å². The Balaban J connectivity index is 2.11. The third-order valence-corrected chi connectivity index (χ3v) is 4.73. The summed E-state index contributed by atoms with van der Waals surface area (Å²) in [4.78, 5) is 34.3. The van der Waals surface area contributed by atoms with Crippen LogP contribution in [-0.2, 0) is 6.54 Å². The second-order valence-electron chi connectivity index (χ2n) is 6.50. The Morgan fingerprint density at radius 3 is 2.53 bits per heavy atom. The summed E-state index contributed by atoms with van der Waals surface area (Å²) in [7, 11) is 1.53. The number of halogens is 1. The van der Waals surface area contributed by atoms with Gasteiger partial charge in [-0.25, -0.2) is 23.7 Å². The van der Waals surface area contributed by atoms with Gasteiger partial charge in [0.05, 0.1) is 12.8 Å². The Morgan fingerprint density at radius 2 is 1.90 bits per heavy atom. The Labute approximate surface area is 170 Å². The van der Waals surface area contributed by atoms with E-state index >= 15 is 0 Å². The third kappa shape index (κ3) is 3.10. The van der Waals surface area contributed by atoms with Crippen molar-refractivity contribution in [3.05, 3.63) is 70.5 Å². The lowest BCUT2D eigenvalue weighted by atomic mass is 10.2. The normalized spacial score (nSPS) is 11.0. The number of aryl methyl sites for hydroxylation is 1. The molecular formula is C21H18FN5O3. The lowest BCUT2D eigenvalue weighted by Crippen LogP contribution is -2.23. The first-order chi connectivity index (χ1) is 14.4. The first-order valence-electron chi connectivity index (χ1n) is 9.18. The van der Waals surface area contributed by atoms with E-state index in [0.29, 0.717) is 17.0 Å². The van der Waals surface area contributed by atoms with Crippen LogP contribution in [0, 0.1) is 5.82 Å². The standard InChI is InChI=1S/C21H18FN5O3/c1-3-26-17-16(18(23)28)24-19(12-5-4-6-15(11-12)30-2)25-20(17)27(21(26)29)14-9-7-13(22)8-10-14/h4-11H,3H2,1-2H3,(H2,23,28). The average molecular weight is 407 g/mol. The SMILES string of the molecule is CCn1c(=O)n(-c2ccc(F)cc2)c2nc(-c3cccc(OC)c3)nc(C(N)=O)c21. The maximum Gasteiger partial charge on any atom is 0.335 e. The van der Waals surface area contributed by atoms with Crippen LogP contribution < -0.4 is 16.2 Å². The molecule has 4 rings (SSSR count). The molecule has 152 valence electrons. The molecule has 0 bridgehead atoms. The van der Waals surface area contributed by atoms with Crippen LogP contribution in [0.3, 0.4) is 0 Å². The van der Waals surface area contributed by atoms with Crippen LogP contribution in [0.15, 0.2) is 53.3 Å². The van der Waals surface area contributed by atoms with E-state index < -0.39 is 17.4 Å². The summed E-state index contributed by atoms with van der Waals surface area (Å²) in [6.07, 6.45) is 0. The number of methoxy groups -OCH3 is 1. The minimum Gasteiger partial charge on any atom is -0.497 e. The predicted octanol–water partition coefficient (Wildman–Crippen LogP) is 2.52. The number of fused-ring (bicyclic) bond motifs is 1. The van der Waals surface area contributed by atoms with Crippen molar-refractivity contribution in [2.45, 2.75) is 13.5 Å². The largest absolute Gasteiger partial charge is 0.497 e. The molecule has 4 aromatic rings. The van der Waals surface area contributed by atoms with Crippen molar-refractivity contribution in [2.75, 3.05) is 7.11 Å². The Kier molecular flexibility index (Phi) is 4.78. The minimum absolute atomic E-state index is 0.0716. The number of primary amides is 1. The third-order valence-electron chi connectivity index (χ3n) is 4.73. The number of rotatable bonds is 5. The molecule has 2 N–H and O–H groups in total. The van der Waals surface area contributed by atoms with Gasteiger partial charge in [-0.2, -0.15) is 0 Å². The topological polar surface area (TPSA) is 105 Å². The highest BCUT2D eigenvalue weighted by Gasteiger charge is 2.23. The van der Waals surface area contributed by atoms with Gasteiger partial charge < -0.3 is 10.5 Å². The summed E-state index contributed by atoms with van der Waals surface area (Å²) in [5, 5.41) is 0. The van der Waals surface area contributed by atoms with Crippen LogP contribution in [0.25, 0.3) is 28.2 Å². The second kappa shape index (κ2) is 7.43. The van der Waals surface area contributed by atoms with E-state index in [9.17, 15) is 14.0 Å². The van der Waals surface area contributed by atoms with Gasteiger partial charge in [-0.3, -0.25) is 9.36 Å². The Hall–Kier alpha value is -4.01. The first kappa shape index (κ1) is 19.3. The molecule has 2 heterocycles. The zero-order chi connectivity index (χ0) is 21.4. The molecule has 0 aliphatic rings. The van der Waals surface area contributed by atoms with Gasteiger partial charge in [0.2, 0.25) is 0 Å². The van der Waals surface area contributed by atoms with Crippen LogP contribution >= 0.6 is 0 Å². The number of hydrogen-bond acceptors (Lipinski definition) is 5. The van der Waals surface area contributed by atoms with Gasteiger partial charge in [0.25, 0.3) is 5.91 Å². The molecular weight excluding hydrogens is 389 g/mol. The van der Waals surface area contributed by atoms with Crippen LogP contribution in [0.1, 0.15) is 17.4 Å². The highest BCUT2D eigenvalue weighted by Crippen LogP contribution is 2.25. The molecule has 2 aromatic heterocycles. The van der Waals surface area contributed by atoms with Crippen molar-refractivity contribution in [1.29, 1.82) is 0 Å². The fourth-order valence-electron chi connectivity index (χ4n) is 3.33. The number of carbonyl (C=O) groups is 1. The summed E-state index contributed by atoms with van der Waals surface area (Å²) < 4.78 is 21.4. The van der Waals surface area contributed by atoms with Crippen LogP contribution in [-0.4, -0.2) is 32.1 Å². The van der Waals surface area contributed by atoms with Crippen molar-refractivity contribution in [3.63, 3.8) is 0 Å². The molecule has 0 aliphatic carbocycles. The first-order valence-corrected chi connectivity index (χ1v) is 9.18. The minimum atomic E-state index is -0.787. The second-order valence-corrected chi connectivity index (χ2v) is 6.50. The zero-order valence-corrected chi connectivity index (χ0v) is 16.3. The Morgan fingerprint density at radius 1 is 1.17 bits per heavy atom. The molecule has 8 nitrogen and oxygen atoms in total. The number of benzene rings is 2. The number of nitrogens with two attached hydrogens (primary N) is 1. The highest BCUT2D eigenvalue weighted by atomic mass is 19.1. The monoisotopic (exact) mass is 407 g/mol. The fourth-order valence-corrected chi connectivity index (χ4v) is 3.33. The van der Waals surface area contributed by atoms with Gasteiger partial charge in [0.1, 0.15) is 17.1 Å². The molecule has 0 aliphatic heterocycles. The Bertz CT molecular complexity index is 1330. The molecule has 0 fully saturated rings. The summed E-state index contributed by atoms with van der Waals surface area (Å²) in [6.45, 7) is 2.03. The maximum absolute atomic E-state index is 13.4. The molecule has 0 spiro atoms. The summed E-state index contributed by atoms with van der Waals surface area (Å²) in [6, 6.07) is 12.4. The van der Waals surface area contributed by atoms with Gasteiger partial charge in [-0.05, 0) is 43.3 Å². The maximum atomic E-state index is 13.4. The lowest BCUT2D eigenvalue weighted by Gasteiger charge is -2.08. The highest BCUT2D eigenvalue weighted by molar-refractivity contribution is 6.02. The number of nitrogens with zero attached hydrogens (tertiary/aromatic N) is 4. The molecule has 0 radical (unpaired) electrons. The summed E-state index contributed by atoms with van der Waals surface area (Å²) in [5.41, 5.74) is 6.52. The van der Waals surface area contributed by atoms with E-state index in [2.05, 4.69) is 9.97 Å². The van der Waals surface area contributed by atoms with E-state index in [1.54, 1.807) is 31.2 Å². The number of imidazole rings is 1. The van der Waals surface area contributed by atoms with E-state index in [0.717, 1.165) is 0 Å². The van der Waals surface area contributed by atoms with Crippen LogP contribution in [0.4, 0.5) is 4.39 Å². The fraction of sp³-hybridized carbons (Fsp3) is 0.143. The van der Waals surface area contributed by atoms with E-state index in [4.69, 9.17) is 10.5 Å². The molecule has 2 aromatic carbocycles. The van der Waals surface area contributed by atoms with Crippen LogP contribution in [0.2, 0.25) is 0 Å². The van der Waals surface area contributed by atoms with E-state index in [-0.39, 0.29) is 29.2 Å². The van der Waals surface area contributed by atoms with Gasteiger partial charge in [-0.15, -0.1) is 0 Å². The molecule has 9 heteroatoms. The van der Waals surface area contributed by atoms with Gasteiger partial charge in [0.15, 0.2) is 17.2 Å². The lowest BCUT2D eigenvalue weighted by molar-refractivity contribution is 0.0997. The molecule has 0 atom stereocenters. The number of ether oxygens (including phenoxy) is 1. The van der Waals surface area contributed by atoms with E-state index in [1.165, 1.54) is 40.5 Å². The quantitative estimate of drug-likeness (QED) is 0.547. The molecule has 0 saturated heterocycles. The average Bonchev–Trinajstić information content (AvgIpc) is 3.04. The van der Waals surface area contributed by atoms with Crippen molar-refractivity contribution in [1.82, 2.24) is 19.1 Å². The summed E-state index contributed by atoms with van der Waals surface area (Å²) in [5.74, 6) is -0.432. The van der Waals surface area contributed by atoms with Crippen molar-refractivity contribution < 1.29 is 13.9 Å². The molecule has 30 heavy (non-hydrogen) atoms. The van der Waals surface area contributed by atoms with Crippen LogP contribution in [0.5, 0.6) is 5.75 Å². The number of amides is 1. The number of aromatic nitrogens is 4. The predicted molar refractivity (Wildman–Crippen MR) is 109 cm³/mol.